The van der Waals surface area contributed by atoms with Gasteiger partial charge in [-0.1, -0.05) is 24.4 Å². The van der Waals surface area contributed by atoms with Crippen LogP contribution in [0.1, 0.15) is 36.0 Å². The fourth-order valence-corrected chi connectivity index (χ4v) is 2.49. The minimum Gasteiger partial charge on any atom is -0.480 e. The summed E-state index contributed by atoms with van der Waals surface area (Å²) in [6.07, 6.45) is 3.19. The van der Waals surface area contributed by atoms with Crippen LogP contribution in [0.4, 0.5) is 0 Å². The van der Waals surface area contributed by atoms with Crippen LogP contribution in [-0.2, 0) is 4.79 Å². The highest BCUT2D eigenvalue weighted by Gasteiger charge is 2.31. The number of carboxylic acid groups (broad SMARTS) is 1. The van der Waals surface area contributed by atoms with Crippen molar-refractivity contribution in [3.05, 3.63) is 34.9 Å². The molecule has 1 aliphatic heterocycles. The first kappa shape index (κ1) is 13.9. The highest BCUT2D eigenvalue weighted by molar-refractivity contribution is 6.30. The highest BCUT2D eigenvalue weighted by atomic mass is 35.5. The lowest BCUT2D eigenvalue weighted by Gasteiger charge is -2.27. The maximum atomic E-state index is 12.4. The highest BCUT2D eigenvalue weighted by Crippen LogP contribution is 2.20. The van der Waals surface area contributed by atoms with Crippen molar-refractivity contribution in [2.75, 3.05) is 6.54 Å². The first-order valence-electron chi connectivity index (χ1n) is 6.39. The van der Waals surface area contributed by atoms with Crippen molar-refractivity contribution in [2.24, 2.45) is 0 Å². The first-order valence-corrected chi connectivity index (χ1v) is 6.77. The van der Waals surface area contributed by atoms with Crippen molar-refractivity contribution in [1.82, 2.24) is 4.90 Å². The molecule has 1 saturated heterocycles. The molecule has 1 atom stereocenters. The quantitative estimate of drug-likeness (QED) is 0.907. The van der Waals surface area contributed by atoms with Gasteiger partial charge in [-0.15, -0.1) is 0 Å². The van der Waals surface area contributed by atoms with Gasteiger partial charge in [0.1, 0.15) is 6.04 Å². The van der Waals surface area contributed by atoms with E-state index in [-0.39, 0.29) is 5.91 Å². The average molecular weight is 282 g/mol. The Kier molecular flexibility index (Phi) is 4.43. The fourth-order valence-electron chi connectivity index (χ4n) is 2.37. The second-order valence-electron chi connectivity index (χ2n) is 4.71. The Hall–Kier alpha value is -1.55. The van der Waals surface area contributed by atoms with Crippen LogP contribution in [-0.4, -0.2) is 34.5 Å². The topological polar surface area (TPSA) is 57.6 Å². The normalized spacial score (nSPS) is 19.8. The molecule has 1 N–H and O–H groups in total. The third-order valence-corrected chi connectivity index (χ3v) is 3.64. The smallest absolute Gasteiger partial charge is 0.326 e. The molecular formula is C14H16ClNO3. The summed E-state index contributed by atoms with van der Waals surface area (Å²) in [6, 6.07) is 5.83. The molecule has 0 radical (unpaired) electrons. The molecule has 1 unspecified atom stereocenters. The Morgan fingerprint density at radius 2 is 1.84 bits per heavy atom. The van der Waals surface area contributed by atoms with Crippen LogP contribution in [0.2, 0.25) is 5.02 Å². The van der Waals surface area contributed by atoms with Crippen LogP contribution < -0.4 is 0 Å². The summed E-state index contributed by atoms with van der Waals surface area (Å²) in [6.45, 7) is 0.498. The average Bonchev–Trinajstić information content (AvgIpc) is 2.64. The zero-order valence-electron chi connectivity index (χ0n) is 10.5. The van der Waals surface area contributed by atoms with Gasteiger partial charge in [0, 0.05) is 17.1 Å². The van der Waals surface area contributed by atoms with Gasteiger partial charge in [0.15, 0.2) is 0 Å². The standard InChI is InChI=1S/C14H16ClNO3/c15-11-7-5-10(6-8-11)13(17)16-9-3-1-2-4-12(16)14(18)19/h5-8,12H,1-4,9H2,(H,18,19). The number of hydrogen-bond donors (Lipinski definition) is 1. The van der Waals surface area contributed by atoms with Crippen LogP contribution in [0, 0.1) is 0 Å². The van der Waals surface area contributed by atoms with Crippen molar-refractivity contribution in [3.63, 3.8) is 0 Å². The predicted molar refractivity (Wildman–Crippen MR) is 72.4 cm³/mol. The third-order valence-electron chi connectivity index (χ3n) is 3.39. The number of carbonyl (C=O) groups excluding carboxylic acids is 1. The minimum absolute atomic E-state index is 0.231. The van der Waals surface area contributed by atoms with E-state index in [1.165, 1.54) is 4.90 Å². The lowest BCUT2D eigenvalue weighted by atomic mass is 10.1. The van der Waals surface area contributed by atoms with Crippen LogP contribution >= 0.6 is 11.6 Å². The number of aliphatic carboxylic acids is 1. The van der Waals surface area contributed by atoms with Crippen molar-refractivity contribution >= 4 is 23.5 Å². The molecule has 2 rings (SSSR count). The van der Waals surface area contributed by atoms with E-state index in [1.807, 2.05) is 0 Å². The second-order valence-corrected chi connectivity index (χ2v) is 5.15. The Labute approximate surface area is 117 Å². The Bertz CT molecular complexity index is 472. The molecular weight excluding hydrogens is 266 g/mol. The molecule has 1 heterocycles. The van der Waals surface area contributed by atoms with E-state index in [9.17, 15) is 14.7 Å². The number of hydrogen-bond acceptors (Lipinski definition) is 2. The molecule has 19 heavy (non-hydrogen) atoms. The van der Waals surface area contributed by atoms with Crippen LogP contribution in [0.15, 0.2) is 24.3 Å². The maximum Gasteiger partial charge on any atom is 0.326 e. The van der Waals surface area contributed by atoms with Gasteiger partial charge in [-0.2, -0.15) is 0 Å². The van der Waals surface area contributed by atoms with Gasteiger partial charge in [-0.25, -0.2) is 4.79 Å². The Balaban J connectivity index is 2.23. The third kappa shape index (κ3) is 3.26. The maximum absolute atomic E-state index is 12.4. The van der Waals surface area contributed by atoms with Gasteiger partial charge in [0.05, 0.1) is 0 Å². The number of amides is 1. The van der Waals surface area contributed by atoms with Crippen molar-refractivity contribution in [2.45, 2.75) is 31.7 Å². The molecule has 4 nitrogen and oxygen atoms in total. The summed E-state index contributed by atoms with van der Waals surface area (Å²) < 4.78 is 0. The predicted octanol–water partition coefficient (Wildman–Crippen LogP) is 2.81. The van der Waals surface area contributed by atoms with Crippen LogP contribution in [0.3, 0.4) is 0 Å². The molecule has 0 aliphatic carbocycles. The number of rotatable bonds is 2. The summed E-state index contributed by atoms with van der Waals surface area (Å²) in [4.78, 5) is 25.2. The van der Waals surface area contributed by atoms with E-state index in [0.29, 0.717) is 23.6 Å². The molecule has 0 saturated carbocycles. The first-order chi connectivity index (χ1) is 9.09. The molecule has 1 amide bonds. The molecule has 5 heteroatoms. The molecule has 0 spiro atoms. The van der Waals surface area contributed by atoms with E-state index in [2.05, 4.69) is 0 Å². The van der Waals surface area contributed by atoms with E-state index in [0.717, 1.165) is 19.3 Å². The second kappa shape index (κ2) is 6.06. The molecule has 1 aromatic carbocycles. The number of likely N-dealkylation sites (tertiary alicyclic amines) is 1. The Morgan fingerprint density at radius 1 is 1.16 bits per heavy atom. The Morgan fingerprint density at radius 3 is 2.47 bits per heavy atom. The van der Waals surface area contributed by atoms with Crippen molar-refractivity contribution in [3.8, 4) is 0 Å². The summed E-state index contributed by atoms with van der Waals surface area (Å²) in [5.74, 6) is -1.16. The van der Waals surface area contributed by atoms with Gasteiger partial charge in [-0.3, -0.25) is 4.79 Å². The monoisotopic (exact) mass is 281 g/mol. The van der Waals surface area contributed by atoms with E-state index in [4.69, 9.17) is 11.6 Å². The van der Waals surface area contributed by atoms with Gasteiger partial charge in [0.2, 0.25) is 0 Å². The summed E-state index contributed by atoms with van der Waals surface area (Å²) >= 11 is 5.79. The number of carbonyl (C=O) groups is 2. The summed E-state index contributed by atoms with van der Waals surface area (Å²) in [5, 5.41) is 9.82. The van der Waals surface area contributed by atoms with Gasteiger partial charge < -0.3 is 10.0 Å². The minimum atomic E-state index is -0.927. The zero-order chi connectivity index (χ0) is 13.8. The number of benzene rings is 1. The summed E-state index contributed by atoms with van der Waals surface area (Å²) in [5.41, 5.74) is 0.484. The molecule has 0 aromatic heterocycles. The largest absolute Gasteiger partial charge is 0.480 e. The van der Waals surface area contributed by atoms with Crippen LogP contribution in [0.5, 0.6) is 0 Å². The number of halogens is 1. The van der Waals surface area contributed by atoms with E-state index >= 15 is 0 Å². The van der Waals surface area contributed by atoms with Gasteiger partial charge in [0.25, 0.3) is 5.91 Å². The summed E-state index contributed by atoms with van der Waals surface area (Å²) in [7, 11) is 0. The zero-order valence-corrected chi connectivity index (χ0v) is 11.3. The molecule has 102 valence electrons. The van der Waals surface area contributed by atoms with Crippen molar-refractivity contribution in [1.29, 1.82) is 0 Å². The van der Waals surface area contributed by atoms with E-state index < -0.39 is 12.0 Å². The van der Waals surface area contributed by atoms with Gasteiger partial charge >= 0.3 is 5.97 Å². The number of nitrogens with zero attached hydrogens (tertiary/aromatic N) is 1. The molecule has 0 bridgehead atoms. The molecule has 1 fully saturated rings. The lowest BCUT2D eigenvalue weighted by molar-refractivity contribution is -0.142. The number of carboxylic acids is 1. The van der Waals surface area contributed by atoms with Crippen molar-refractivity contribution < 1.29 is 14.7 Å². The molecule has 1 aromatic rings. The lowest BCUT2D eigenvalue weighted by Crippen LogP contribution is -2.44. The molecule has 1 aliphatic rings. The fraction of sp³-hybridized carbons (Fsp3) is 0.429. The van der Waals surface area contributed by atoms with Gasteiger partial charge in [-0.05, 0) is 37.1 Å². The van der Waals surface area contributed by atoms with Crippen LogP contribution in [0.25, 0.3) is 0 Å². The van der Waals surface area contributed by atoms with E-state index in [1.54, 1.807) is 24.3 Å². The SMILES string of the molecule is O=C(O)C1CCCCCN1C(=O)c1ccc(Cl)cc1.